The van der Waals surface area contributed by atoms with Gasteiger partial charge in [-0.05, 0) is 23.6 Å². The largest absolute Gasteiger partial charge is 0.309 e. The minimum Gasteiger partial charge on any atom is -0.309 e. The van der Waals surface area contributed by atoms with Crippen LogP contribution in [0.5, 0.6) is 0 Å². The SMILES string of the molecule is CC(C)c1ccc(N(C)C(=O)C=O)cc1. The highest BCUT2D eigenvalue weighted by atomic mass is 16.2. The molecule has 0 aliphatic rings. The van der Waals surface area contributed by atoms with Gasteiger partial charge in [-0.15, -0.1) is 0 Å². The zero-order chi connectivity index (χ0) is 11.4. The maximum absolute atomic E-state index is 11.1. The van der Waals surface area contributed by atoms with Crippen LogP contribution in [0.3, 0.4) is 0 Å². The molecule has 1 aromatic carbocycles. The van der Waals surface area contributed by atoms with Crippen molar-refractivity contribution in [3.63, 3.8) is 0 Å². The van der Waals surface area contributed by atoms with Crippen LogP contribution in [0.1, 0.15) is 25.3 Å². The number of carbonyl (C=O) groups is 2. The van der Waals surface area contributed by atoms with Crippen LogP contribution in [-0.4, -0.2) is 19.2 Å². The Balaban J connectivity index is 2.88. The third kappa shape index (κ3) is 2.65. The predicted molar refractivity (Wildman–Crippen MR) is 60.0 cm³/mol. The Bertz CT molecular complexity index is 354. The highest BCUT2D eigenvalue weighted by Gasteiger charge is 2.09. The molecule has 1 amide bonds. The fourth-order valence-corrected chi connectivity index (χ4v) is 1.29. The lowest BCUT2D eigenvalue weighted by atomic mass is 10.0. The Labute approximate surface area is 89.7 Å². The summed E-state index contributed by atoms with van der Waals surface area (Å²) >= 11 is 0. The Morgan fingerprint density at radius 3 is 2.20 bits per heavy atom. The molecule has 0 unspecified atom stereocenters. The van der Waals surface area contributed by atoms with Crippen LogP contribution < -0.4 is 4.90 Å². The van der Waals surface area contributed by atoms with E-state index >= 15 is 0 Å². The number of hydrogen-bond donors (Lipinski definition) is 0. The van der Waals surface area contributed by atoms with E-state index in [0.29, 0.717) is 12.2 Å². The normalized spacial score (nSPS) is 10.1. The van der Waals surface area contributed by atoms with Crippen LogP contribution in [0, 0.1) is 0 Å². The van der Waals surface area contributed by atoms with E-state index < -0.39 is 5.91 Å². The van der Waals surface area contributed by atoms with E-state index in [2.05, 4.69) is 13.8 Å². The van der Waals surface area contributed by atoms with Gasteiger partial charge < -0.3 is 4.90 Å². The molecule has 0 fully saturated rings. The van der Waals surface area contributed by atoms with Gasteiger partial charge in [-0.1, -0.05) is 26.0 Å². The molecule has 80 valence electrons. The number of rotatable bonds is 3. The molecule has 0 aliphatic heterocycles. The number of carbonyl (C=O) groups excluding carboxylic acids is 2. The first kappa shape index (κ1) is 11.4. The first-order valence-electron chi connectivity index (χ1n) is 4.89. The minimum absolute atomic E-state index is 0.316. The standard InChI is InChI=1S/C12H15NO2/c1-9(2)10-4-6-11(7-5-10)13(3)12(15)8-14/h4-9H,1-3H3. The van der Waals surface area contributed by atoms with E-state index in [9.17, 15) is 9.59 Å². The van der Waals surface area contributed by atoms with Crippen LogP contribution in [0.15, 0.2) is 24.3 Å². The van der Waals surface area contributed by atoms with Gasteiger partial charge in [-0.3, -0.25) is 9.59 Å². The number of anilines is 1. The zero-order valence-electron chi connectivity index (χ0n) is 9.23. The van der Waals surface area contributed by atoms with Crippen LogP contribution >= 0.6 is 0 Å². The number of nitrogens with zero attached hydrogens (tertiary/aromatic N) is 1. The number of hydrogen-bond acceptors (Lipinski definition) is 2. The number of benzene rings is 1. The van der Waals surface area contributed by atoms with Gasteiger partial charge in [0.25, 0.3) is 5.91 Å². The van der Waals surface area contributed by atoms with Crippen molar-refractivity contribution >= 4 is 17.9 Å². The van der Waals surface area contributed by atoms with Crippen molar-refractivity contribution in [2.75, 3.05) is 11.9 Å². The highest BCUT2D eigenvalue weighted by molar-refractivity contribution is 6.30. The van der Waals surface area contributed by atoms with Crippen LogP contribution in [0.2, 0.25) is 0 Å². The molecule has 1 aromatic rings. The summed E-state index contributed by atoms with van der Waals surface area (Å²) in [7, 11) is 1.58. The van der Waals surface area contributed by atoms with Gasteiger partial charge in [-0.25, -0.2) is 0 Å². The summed E-state index contributed by atoms with van der Waals surface area (Å²) in [4.78, 5) is 22.7. The molecule has 3 nitrogen and oxygen atoms in total. The van der Waals surface area contributed by atoms with E-state index in [1.54, 1.807) is 7.05 Å². The van der Waals surface area contributed by atoms with Crippen LogP contribution in [0.25, 0.3) is 0 Å². The second kappa shape index (κ2) is 4.73. The third-order valence-corrected chi connectivity index (χ3v) is 2.38. The first-order chi connectivity index (χ1) is 7.06. The van der Waals surface area contributed by atoms with Crippen LogP contribution in [-0.2, 0) is 9.59 Å². The van der Waals surface area contributed by atoms with E-state index in [0.717, 1.165) is 5.69 Å². The second-order valence-corrected chi connectivity index (χ2v) is 3.76. The van der Waals surface area contributed by atoms with Gasteiger partial charge in [0.2, 0.25) is 6.29 Å². The Morgan fingerprint density at radius 2 is 1.80 bits per heavy atom. The Kier molecular flexibility index (Phi) is 3.61. The molecule has 0 heterocycles. The molecule has 0 aliphatic carbocycles. The molecule has 3 heteroatoms. The van der Waals surface area contributed by atoms with Crippen LogP contribution in [0.4, 0.5) is 5.69 Å². The molecule has 0 N–H and O–H groups in total. The predicted octanol–water partition coefficient (Wildman–Crippen LogP) is 1.97. The third-order valence-electron chi connectivity index (χ3n) is 2.38. The molecule has 1 rings (SSSR count). The van der Waals surface area contributed by atoms with Crippen molar-refractivity contribution in [1.29, 1.82) is 0 Å². The lowest BCUT2D eigenvalue weighted by Crippen LogP contribution is -2.26. The molecule has 0 saturated heterocycles. The van der Waals surface area contributed by atoms with Crippen molar-refractivity contribution in [2.45, 2.75) is 19.8 Å². The van der Waals surface area contributed by atoms with Gasteiger partial charge in [0.05, 0.1) is 0 Å². The highest BCUT2D eigenvalue weighted by Crippen LogP contribution is 2.19. The minimum atomic E-state index is -0.535. The molecule has 0 bridgehead atoms. The molecule has 0 aromatic heterocycles. The van der Waals surface area contributed by atoms with Crippen molar-refractivity contribution in [2.24, 2.45) is 0 Å². The summed E-state index contributed by atoms with van der Waals surface area (Å²) in [5, 5.41) is 0. The van der Waals surface area contributed by atoms with Crippen molar-refractivity contribution in [3.05, 3.63) is 29.8 Å². The molecule has 0 spiro atoms. The average Bonchev–Trinajstić information content (AvgIpc) is 2.27. The molecule has 0 radical (unpaired) electrons. The quantitative estimate of drug-likeness (QED) is 0.559. The lowest BCUT2D eigenvalue weighted by Gasteiger charge is -2.15. The Hall–Kier alpha value is -1.64. The lowest BCUT2D eigenvalue weighted by molar-refractivity contribution is -0.129. The number of amides is 1. The molecule has 0 saturated carbocycles. The van der Waals surface area contributed by atoms with E-state index in [-0.39, 0.29) is 0 Å². The monoisotopic (exact) mass is 205 g/mol. The second-order valence-electron chi connectivity index (χ2n) is 3.76. The average molecular weight is 205 g/mol. The molecular formula is C12H15NO2. The maximum atomic E-state index is 11.1. The fraction of sp³-hybridized carbons (Fsp3) is 0.333. The fourth-order valence-electron chi connectivity index (χ4n) is 1.29. The van der Waals surface area contributed by atoms with Crippen molar-refractivity contribution in [1.82, 2.24) is 0 Å². The first-order valence-corrected chi connectivity index (χ1v) is 4.89. The molecule has 15 heavy (non-hydrogen) atoms. The zero-order valence-corrected chi connectivity index (χ0v) is 9.23. The van der Waals surface area contributed by atoms with Gasteiger partial charge in [0, 0.05) is 12.7 Å². The summed E-state index contributed by atoms with van der Waals surface area (Å²) in [6.45, 7) is 4.21. The van der Waals surface area contributed by atoms with E-state index in [4.69, 9.17) is 0 Å². The molecule has 0 atom stereocenters. The summed E-state index contributed by atoms with van der Waals surface area (Å²) in [6, 6.07) is 7.62. The number of likely N-dealkylation sites (N-methyl/N-ethyl adjacent to an activating group) is 1. The summed E-state index contributed by atoms with van der Waals surface area (Å²) in [5.74, 6) is -0.0709. The topological polar surface area (TPSA) is 37.4 Å². The maximum Gasteiger partial charge on any atom is 0.290 e. The van der Waals surface area contributed by atoms with Gasteiger partial charge in [0.1, 0.15) is 0 Å². The van der Waals surface area contributed by atoms with Gasteiger partial charge >= 0.3 is 0 Å². The Morgan fingerprint density at radius 1 is 1.27 bits per heavy atom. The summed E-state index contributed by atoms with van der Waals surface area (Å²) < 4.78 is 0. The summed E-state index contributed by atoms with van der Waals surface area (Å²) in [6.07, 6.45) is 0.316. The summed E-state index contributed by atoms with van der Waals surface area (Å²) in [5.41, 5.74) is 1.95. The van der Waals surface area contributed by atoms with Crippen molar-refractivity contribution < 1.29 is 9.59 Å². The van der Waals surface area contributed by atoms with E-state index in [1.807, 2.05) is 24.3 Å². The molecular weight excluding hydrogens is 190 g/mol. The van der Waals surface area contributed by atoms with Crippen molar-refractivity contribution in [3.8, 4) is 0 Å². The number of aldehydes is 1. The van der Waals surface area contributed by atoms with Gasteiger partial charge in [0.15, 0.2) is 0 Å². The van der Waals surface area contributed by atoms with E-state index in [1.165, 1.54) is 10.5 Å². The van der Waals surface area contributed by atoms with Gasteiger partial charge in [-0.2, -0.15) is 0 Å². The smallest absolute Gasteiger partial charge is 0.290 e.